The second-order valence-electron chi connectivity index (χ2n) is 5.68. The lowest BCUT2D eigenvalue weighted by Gasteiger charge is -2.19. The highest BCUT2D eigenvalue weighted by Crippen LogP contribution is 2.30. The first-order valence-electron chi connectivity index (χ1n) is 7.20. The van der Waals surface area contributed by atoms with Gasteiger partial charge in [0.2, 0.25) is 0 Å². The SMILES string of the molecule is CCN(Cc1occc1CNC(C)C)CC1CC1. The average molecular weight is 250 g/mol. The number of hydrogen-bond donors (Lipinski definition) is 1. The summed E-state index contributed by atoms with van der Waals surface area (Å²) in [6.45, 7) is 10.8. The zero-order chi connectivity index (χ0) is 13.0. The first-order valence-corrected chi connectivity index (χ1v) is 7.20. The van der Waals surface area contributed by atoms with Crippen LogP contribution in [0.15, 0.2) is 16.7 Å². The Hall–Kier alpha value is -0.800. The molecular formula is C15H26N2O. The summed E-state index contributed by atoms with van der Waals surface area (Å²) in [7, 11) is 0. The number of furan rings is 1. The minimum absolute atomic E-state index is 0.515. The topological polar surface area (TPSA) is 28.4 Å². The molecule has 0 unspecified atom stereocenters. The molecule has 0 bridgehead atoms. The van der Waals surface area contributed by atoms with Crippen molar-refractivity contribution in [1.82, 2.24) is 10.2 Å². The molecule has 0 saturated heterocycles. The van der Waals surface area contributed by atoms with Crippen LogP contribution in [-0.4, -0.2) is 24.0 Å². The minimum atomic E-state index is 0.515. The van der Waals surface area contributed by atoms with Crippen LogP contribution in [0.4, 0.5) is 0 Å². The van der Waals surface area contributed by atoms with Crippen LogP contribution >= 0.6 is 0 Å². The van der Waals surface area contributed by atoms with E-state index in [2.05, 4.69) is 37.1 Å². The Bertz CT molecular complexity index is 355. The third-order valence-corrected chi connectivity index (χ3v) is 3.57. The zero-order valence-electron chi connectivity index (χ0n) is 11.9. The van der Waals surface area contributed by atoms with Crippen molar-refractivity contribution in [3.05, 3.63) is 23.7 Å². The van der Waals surface area contributed by atoms with Gasteiger partial charge in [-0.05, 0) is 31.4 Å². The number of nitrogens with zero attached hydrogens (tertiary/aromatic N) is 1. The van der Waals surface area contributed by atoms with Gasteiger partial charge >= 0.3 is 0 Å². The Kier molecular flexibility index (Phi) is 4.84. The van der Waals surface area contributed by atoms with E-state index in [0.29, 0.717) is 6.04 Å². The van der Waals surface area contributed by atoms with Gasteiger partial charge in [0.25, 0.3) is 0 Å². The maximum absolute atomic E-state index is 5.65. The molecule has 1 saturated carbocycles. The highest BCUT2D eigenvalue weighted by atomic mass is 16.3. The average Bonchev–Trinajstić information content (AvgIpc) is 3.04. The van der Waals surface area contributed by atoms with Gasteiger partial charge in [0, 0.05) is 24.7 Å². The highest BCUT2D eigenvalue weighted by molar-refractivity contribution is 5.17. The molecule has 0 amide bonds. The second kappa shape index (κ2) is 6.39. The van der Waals surface area contributed by atoms with Gasteiger partial charge in [-0.15, -0.1) is 0 Å². The molecule has 0 atom stereocenters. The summed E-state index contributed by atoms with van der Waals surface area (Å²) in [6, 6.07) is 2.61. The third kappa shape index (κ3) is 4.14. The third-order valence-electron chi connectivity index (χ3n) is 3.57. The van der Waals surface area contributed by atoms with Crippen molar-refractivity contribution in [1.29, 1.82) is 0 Å². The minimum Gasteiger partial charge on any atom is -0.468 e. The Balaban J connectivity index is 1.88. The van der Waals surface area contributed by atoms with Crippen molar-refractivity contribution in [3.63, 3.8) is 0 Å². The fourth-order valence-electron chi connectivity index (χ4n) is 2.15. The zero-order valence-corrected chi connectivity index (χ0v) is 11.9. The Morgan fingerprint density at radius 3 is 2.83 bits per heavy atom. The van der Waals surface area contributed by atoms with Gasteiger partial charge in [-0.1, -0.05) is 20.8 Å². The van der Waals surface area contributed by atoms with Crippen molar-refractivity contribution in [2.45, 2.75) is 52.7 Å². The molecule has 1 aromatic heterocycles. The summed E-state index contributed by atoms with van der Waals surface area (Å²) in [4.78, 5) is 2.50. The van der Waals surface area contributed by atoms with E-state index in [1.807, 2.05) is 6.26 Å². The molecule has 1 heterocycles. The molecule has 0 aliphatic heterocycles. The van der Waals surface area contributed by atoms with E-state index in [1.54, 1.807) is 0 Å². The van der Waals surface area contributed by atoms with Gasteiger partial charge in [0.15, 0.2) is 0 Å². The van der Waals surface area contributed by atoms with E-state index in [9.17, 15) is 0 Å². The predicted octanol–water partition coefficient (Wildman–Crippen LogP) is 3.01. The fraction of sp³-hybridized carbons (Fsp3) is 0.733. The number of rotatable bonds is 8. The van der Waals surface area contributed by atoms with Gasteiger partial charge in [-0.2, -0.15) is 0 Å². The maximum Gasteiger partial charge on any atom is 0.122 e. The van der Waals surface area contributed by atoms with E-state index >= 15 is 0 Å². The molecule has 3 heteroatoms. The van der Waals surface area contributed by atoms with E-state index in [4.69, 9.17) is 4.42 Å². The molecule has 0 radical (unpaired) electrons. The summed E-state index contributed by atoms with van der Waals surface area (Å²) in [6.07, 6.45) is 4.64. The van der Waals surface area contributed by atoms with Crippen LogP contribution in [0.5, 0.6) is 0 Å². The van der Waals surface area contributed by atoms with E-state index in [1.165, 1.54) is 24.9 Å². The Morgan fingerprint density at radius 2 is 2.22 bits per heavy atom. The molecule has 102 valence electrons. The summed E-state index contributed by atoms with van der Waals surface area (Å²) in [5, 5.41) is 3.45. The van der Waals surface area contributed by atoms with Crippen LogP contribution < -0.4 is 5.32 Å². The van der Waals surface area contributed by atoms with Crippen LogP contribution in [0.1, 0.15) is 44.9 Å². The van der Waals surface area contributed by atoms with Crippen LogP contribution in [0.2, 0.25) is 0 Å². The molecule has 3 nitrogen and oxygen atoms in total. The number of hydrogen-bond acceptors (Lipinski definition) is 3. The van der Waals surface area contributed by atoms with Crippen molar-refractivity contribution in [3.8, 4) is 0 Å². The van der Waals surface area contributed by atoms with Gasteiger partial charge < -0.3 is 9.73 Å². The molecule has 1 aliphatic rings. The first-order chi connectivity index (χ1) is 8.69. The van der Waals surface area contributed by atoms with Crippen LogP contribution in [0.25, 0.3) is 0 Å². The van der Waals surface area contributed by atoms with E-state index in [0.717, 1.165) is 31.3 Å². The van der Waals surface area contributed by atoms with Gasteiger partial charge in [0.05, 0.1) is 12.8 Å². The summed E-state index contributed by atoms with van der Waals surface area (Å²) in [5.41, 5.74) is 1.30. The quantitative estimate of drug-likeness (QED) is 0.769. The van der Waals surface area contributed by atoms with Gasteiger partial charge in [-0.3, -0.25) is 4.90 Å². The molecule has 1 fully saturated rings. The molecule has 18 heavy (non-hydrogen) atoms. The molecule has 2 rings (SSSR count). The lowest BCUT2D eigenvalue weighted by Crippen LogP contribution is -2.26. The van der Waals surface area contributed by atoms with E-state index < -0.39 is 0 Å². The van der Waals surface area contributed by atoms with Crippen molar-refractivity contribution < 1.29 is 4.42 Å². The summed E-state index contributed by atoms with van der Waals surface area (Å²) >= 11 is 0. The monoisotopic (exact) mass is 250 g/mol. The fourth-order valence-corrected chi connectivity index (χ4v) is 2.15. The standard InChI is InChI=1S/C15H26N2O/c1-4-17(10-13-5-6-13)11-15-14(7-8-18-15)9-16-12(2)3/h7-8,12-13,16H,4-6,9-11H2,1-3H3. The first kappa shape index (κ1) is 13.6. The molecule has 0 spiro atoms. The molecule has 1 aliphatic carbocycles. The normalized spacial score (nSPS) is 15.8. The molecule has 0 aromatic carbocycles. The molecule has 1 N–H and O–H groups in total. The number of nitrogens with one attached hydrogen (secondary N) is 1. The Morgan fingerprint density at radius 1 is 1.44 bits per heavy atom. The highest BCUT2D eigenvalue weighted by Gasteiger charge is 2.24. The lowest BCUT2D eigenvalue weighted by atomic mass is 10.2. The van der Waals surface area contributed by atoms with Crippen LogP contribution in [-0.2, 0) is 13.1 Å². The Labute approximate surface area is 111 Å². The maximum atomic E-state index is 5.65. The smallest absolute Gasteiger partial charge is 0.122 e. The molecule has 1 aromatic rings. The lowest BCUT2D eigenvalue weighted by molar-refractivity contribution is 0.244. The van der Waals surface area contributed by atoms with Crippen molar-refractivity contribution in [2.24, 2.45) is 5.92 Å². The van der Waals surface area contributed by atoms with Crippen molar-refractivity contribution in [2.75, 3.05) is 13.1 Å². The molecular weight excluding hydrogens is 224 g/mol. The predicted molar refractivity (Wildman–Crippen MR) is 74.4 cm³/mol. The van der Waals surface area contributed by atoms with Crippen LogP contribution in [0, 0.1) is 5.92 Å². The second-order valence-corrected chi connectivity index (χ2v) is 5.68. The van der Waals surface area contributed by atoms with Gasteiger partial charge in [-0.25, -0.2) is 0 Å². The van der Waals surface area contributed by atoms with Crippen molar-refractivity contribution >= 4 is 0 Å². The largest absolute Gasteiger partial charge is 0.468 e. The van der Waals surface area contributed by atoms with E-state index in [-0.39, 0.29) is 0 Å². The van der Waals surface area contributed by atoms with Gasteiger partial charge in [0.1, 0.15) is 5.76 Å². The summed E-state index contributed by atoms with van der Waals surface area (Å²) < 4.78 is 5.65. The summed E-state index contributed by atoms with van der Waals surface area (Å²) in [5.74, 6) is 2.07. The van der Waals surface area contributed by atoms with Crippen LogP contribution in [0.3, 0.4) is 0 Å².